The summed E-state index contributed by atoms with van der Waals surface area (Å²) < 4.78 is 0. The van der Waals surface area contributed by atoms with Gasteiger partial charge in [0.2, 0.25) is 0 Å². The van der Waals surface area contributed by atoms with Crippen LogP contribution in [0.4, 0.5) is 0 Å². The molecule has 0 radical (unpaired) electrons. The van der Waals surface area contributed by atoms with E-state index in [4.69, 9.17) is 0 Å². The van der Waals surface area contributed by atoms with Gasteiger partial charge in [0.15, 0.2) is 5.96 Å². The van der Waals surface area contributed by atoms with Crippen LogP contribution < -0.4 is 5.32 Å². The van der Waals surface area contributed by atoms with Crippen LogP contribution >= 0.6 is 24.0 Å². The van der Waals surface area contributed by atoms with Crippen molar-refractivity contribution in [2.75, 3.05) is 20.1 Å². The molecule has 0 aromatic carbocycles. The Kier molecular flexibility index (Phi) is 6.44. The van der Waals surface area contributed by atoms with Crippen LogP contribution in [-0.4, -0.2) is 36.5 Å². The molecule has 0 spiro atoms. The summed E-state index contributed by atoms with van der Waals surface area (Å²) in [4.78, 5) is 6.78. The maximum Gasteiger partial charge on any atom is 0.194 e. The van der Waals surface area contributed by atoms with Crippen LogP contribution in [0.3, 0.4) is 0 Å². The van der Waals surface area contributed by atoms with Crippen molar-refractivity contribution in [2.45, 2.75) is 53.5 Å². The largest absolute Gasteiger partial charge is 0.356 e. The van der Waals surface area contributed by atoms with Crippen molar-refractivity contribution in [1.82, 2.24) is 10.2 Å². The third-order valence-corrected chi connectivity index (χ3v) is 4.36. The van der Waals surface area contributed by atoms with Crippen molar-refractivity contribution in [3.8, 4) is 0 Å². The fourth-order valence-electron chi connectivity index (χ4n) is 2.17. The molecule has 0 amide bonds. The third-order valence-electron chi connectivity index (χ3n) is 4.36. The summed E-state index contributed by atoms with van der Waals surface area (Å²) in [6.45, 7) is 15.8. The fourth-order valence-corrected chi connectivity index (χ4v) is 2.17. The molecule has 0 aromatic rings. The van der Waals surface area contributed by atoms with E-state index in [9.17, 15) is 0 Å². The lowest BCUT2D eigenvalue weighted by Gasteiger charge is -2.62. The van der Waals surface area contributed by atoms with Gasteiger partial charge in [-0.1, -0.05) is 27.7 Å². The number of aliphatic imine (C=N–C) groups is 1. The molecular formula is C14H30IN3. The lowest BCUT2D eigenvalue weighted by Crippen LogP contribution is -2.72. The second-order valence-corrected chi connectivity index (χ2v) is 6.69. The van der Waals surface area contributed by atoms with Gasteiger partial charge in [0.05, 0.1) is 0 Å². The summed E-state index contributed by atoms with van der Waals surface area (Å²) in [5.74, 6) is 1.79. The number of guanidine groups is 1. The van der Waals surface area contributed by atoms with Crippen molar-refractivity contribution in [3.63, 3.8) is 0 Å². The van der Waals surface area contributed by atoms with Crippen molar-refractivity contribution >= 4 is 29.9 Å². The van der Waals surface area contributed by atoms with Gasteiger partial charge < -0.3 is 10.2 Å². The van der Waals surface area contributed by atoms with E-state index in [0.717, 1.165) is 25.0 Å². The molecule has 108 valence electrons. The molecule has 1 aliphatic heterocycles. The molecule has 4 heteroatoms. The van der Waals surface area contributed by atoms with E-state index in [1.165, 1.54) is 6.42 Å². The highest BCUT2D eigenvalue weighted by Crippen LogP contribution is 2.46. The van der Waals surface area contributed by atoms with Crippen molar-refractivity contribution in [2.24, 2.45) is 16.3 Å². The van der Waals surface area contributed by atoms with Gasteiger partial charge in [-0.3, -0.25) is 4.99 Å². The first-order chi connectivity index (χ1) is 7.72. The Bertz CT molecular complexity index is 295. The molecule has 0 aliphatic carbocycles. The zero-order chi connectivity index (χ0) is 13.3. The second-order valence-electron chi connectivity index (χ2n) is 6.69. The maximum atomic E-state index is 4.40. The minimum Gasteiger partial charge on any atom is -0.356 e. The number of likely N-dealkylation sites (tertiary alicyclic amines) is 1. The Morgan fingerprint density at radius 3 is 2.17 bits per heavy atom. The predicted molar refractivity (Wildman–Crippen MR) is 90.8 cm³/mol. The number of halogens is 1. The molecule has 0 aromatic heterocycles. The summed E-state index contributed by atoms with van der Waals surface area (Å²) >= 11 is 0. The molecule has 1 N–H and O–H groups in total. The first-order valence-electron chi connectivity index (χ1n) is 6.70. The Balaban J connectivity index is 0.00000289. The maximum absolute atomic E-state index is 4.40. The summed E-state index contributed by atoms with van der Waals surface area (Å²) in [6.07, 6.45) is 1.19. The minimum atomic E-state index is 0. The van der Waals surface area contributed by atoms with Gasteiger partial charge in [0, 0.05) is 31.1 Å². The number of nitrogens with zero attached hydrogens (tertiary/aromatic N) is 2. The average molecular weight is 367 g/mol. The zero-order valence-electron chi connectivity index (χ0n) is 13.0. The molecule has 1 aliphatic rings. The Morgan fingerprint density at radius 2 is 1.83 bits per heavy atom. The normalized spacial score (nSPS) is 21.3. The fraction of sp³-hybridized carbons (Fsp3) is 0.929. The Morgan fingerprint density at radius 1 is 1.28 bits per heavy atom. The summed E-state index contributed by atoms with van der Waals surface area (Å²) in [6, 6.07) is 0. The summed E-state index contributed by atoms with van der Waals surface area (Å²) in [5, 5.41) is 3.47. The molecule has 1 fully saturated rings. The molecule has 0 bridgehead atoms. The lowest BCUT2D eigenvalue weighted by molar-refractivity contribution is -0.0667. The molecular weight excluding hydrogens is 337 g/mol. The molecule has 1 heterocycles. The minimum absolute atomic E-state index is 0. The SMILES string of the molecule is CN=C(NCCC(C)C)N1CC(C)(C)C1(C)C.I. The van der Waals surface area contributed by atoms with Gasteiger partial charge in [-0.2, -0.15) is 0 Å². The van der Waals surface area contributed by atoms with E-state index in [1.54, 1.807) is 0 Å². The van der Waals surface area contributed by atoms with E-state index in [0.29, 0.717) is 5.41 Å². The van der Waals surface area contributed by atoms with Gasteiger partial charge in [-0.25, -0.2) is 0 Å². The van der Waals surface area contributed by atoms with Crippen molar-refractivity contribution < 1.29 is 0 Å². The van der Waals surface area contributed by atoms with E-state index < -0.39 is 0 Å². The summed E-state index contributed by atoms with van der Waals surface area (Å²) in [5.41, 5.74) is 0.551. The van der Waals surface area contributed by atoms with Crippen LogP contribution in [-0.2, 0) is 0 Å². The van der Waals surface area contributed by atoms with Crippen LogP contribution in [0, 0.1) is 11.3 Å². The van der Waals surface area contributed by atoms with E-state index in [-0.39, 0.29) is 29.5 Å². The van der Waals surface area contributed by atoms with Gasteiger partial charge in [-0.05, 0) is 26.2 Å². The smallest absolute Gasteiger partial charge is 0.194 e. The quantitative estimate of drug-likeness (QED) is 0.471. The molecule has 0 saturated carbocycles. The highest BCUT2D eigenvalue weighted by atomic mass is 127. The van der Waals surface area contributed by atoms with Gasteiger partial charge in [0.1, 0.15) is 0 Å². The standard InChI is InChI=1S/C14H29N3.HI/c1-11(2)8-9-16-12(15-7)17-10-13(3,4)14(17,5)6;/h11H,8-10H2,1-7H3,(H,15,16);1H. The molecule has 1 rings (SSSR count). The Labute approximate surface area is 130 Å². The van der Waals surface area contributed by atoms with Crippen LogP contribution in [0.5, 0.6) is 0 Å². The van der Waals surface area contributed by atoms with Gasteiger partial charge >= 0.3 is 0 Å². The number of rotatable bonds is 3. The van der Waals surface area contributed by atoms with Crippen LogP contribution in [0.1, 0.15) is 48.0 Å². The van der Waals surface area contributed by atoms with E-state index in [1.807, 2.05) is 7.05 Å². The van der Waals surface area contributed by atoms with Crippen LogP contribution in [0.25, 0.3) is 0 Å². The lowest BCUT2D eigenvalue weighted by atomic mass is 9.65. The number of nitrogens with one attached hydrogen (secondary N) is 1. The topological polar surface area (TPSA) is 27.6 Å². The Hall–Kier alpha value is 0. The van der Waals surface area contributed by atoms with E-state index >= 15 is 0 Å². The van der Waals surface area contributed by atoms with E-state index in [2.05, 4.69) is 56.8 Å². The van der Waals surface area contributed by atoms with Gasteiger partial charge in [-0.15, -0.1) is 24.0 Å². The molecule has 3 nitrogen and oxygen atoms in total. The molecule has 18 heavy (non-hydrogen) atoms. The highest BCUT2D eigenvalue weighted by molar-refractivity contribution is 14.0. The number of hydrogen-bond donors (Lipinski definition) is 1. The third kappa shape index (κ3) is 3.52. The molecule has 0 atom stereocenters. The van der Waals surface area contributed by atoms with Crippen LogP contribution in [0.15, 0.2) is 4.99 Å². The monoisotopic (exact) mass is 367 g/mol. The highest BCUT2D eigenvalue weighted by Gasteiger charge is 2.53. The summed E-state index contributed by atoms with van der Waals surface area (Å²) in [7, 11) is 1.87. The average Bonchev–Trinajstić information content (AvgIpc) is 2.21. The van der Waals surface area contributed by atoms with Crippen molar-refractivity contribution in [1.29, 1.82) is 0 Å². The first kappa shape index (κ1) is 18.0. The predicted octanol–water partition coefficient (Wildman–Crippen LogP) is 3.35. The zero-order valence-corrected chi connectivity index (χ0v) is 15.3. The molecule has 0 unspecified atom stereocenters. The van der Waals surface area contributed by atoms with Crippen LogP contribution in [0.2, 0.25) is 0 Å². The molecule has 1 saturated heterocycles. The van der Waals surface area contributed by atoms with Crippen molar-refractivity contribution in [3.05, 3.63) is 0 Å². The number of hydrogen-bond acceptors (Lipinski definition) is 1. The first-order valence-corrected chi connectivity index (χ1v) is 6.70. The van der Waals surface area contributed by atoms with Gasteiger partial charge in [0.25, 0.3) is 0 Å². The second kappa shape index (κ2) is 6.44.